The van der Waals surface area contributed by atoms with Gasteiger partial charge in [0.25, 0.3) is 0 Å². The fourth-order valence-corrected chi connectivity index (χ4v) is 0.779. The van der Waals surface area contributed by atoms with E-state index in [9.17, 15) is 0 Å². The van der Waals surface area contributed by atoms with Gasteiger partial charge in [-0.3, -0.25) is 0 Å². The number of thiocarbonyl (C=S) groups is 1. The van der Waals surface area contributed by atoms with Gasteiger partial charge in [-0.15, -0.1) is 0 Å². The van der Waals surface area contributed by atoms with Crippen LogP contribution in [0.2, 0.25) is 0 Å². The predicted molar refractivity (Wildman–Crippen MR) is 53.1 cm³/mol. The Balaban J connectivity index is 5.17. The van der Waals surface area contributed by atoms with Crippen molar-refractivity contribution in [2.75, 3.05) is 0 Å². The molecule has 0 saturated carbocycles. The van der Waals surface area contributed by atoms with Gasteiger partial charge in [-0.1, -0.05) is 33.0 Å². The molecule has 0 atom stereocenters. The van der Waals surface area contributed by atoms with Crippen molar-refractivity contribution in [2.24, 2.45) is 16.9 Å². The summed E-state index contributed by atoms with van der Waals surface area (Å²) in [6.07, 6.45) is 0. The van der Waals surface area contributed by atoms with E-state index in [-0.39, 0.29) is 16.0 Å². The number of nitrogens with two attached hydrogens (primary N) is 2. The van der Waals surface area contributed by atoms with Crippen molar-refractivity contribution >= 4 is 17.2 Å². The molecule has 0 amide bonds. The van der Waals surface area contributed by atoms with Crippen LogP contribution in [0.4, 0.5) is 0 Å². The molecule has 0 radical (unpaired) electrons. The Morgan fingerprint density at radius 1 is 1.33 bits per heavy atom. The van der Waals surface area contributed by atoms with Crippen LogP contribution in [-0.2, 0) is 0 Å². The van der Waals surface area contributed by atoms with E-state index in [2.05, 4.69) is 12.2 Å². The van der Waals surface area contributed by atoms with Crippen LogP contribution in [0.15, 0.2) is 11.3 Å². The zero-order valence-electron chi connectivity index (χ0n) is 7.51. The first kappa shape index (κ1) is 10.9. The average Bonchev–Trinajstić information content (AvgIpc) is 1.86. The third-order valence-electron chi connectivity index (χ3n) is 1.44. The lowest BCUT2D eigenvalue weighted by atomic mass is 9.89. The smallest absolute Gasteiger partial charge is 0.116 e. The molecule has 4 N–H and O–H groups in total. The third-order valence-corrected chi connectivity index (χ3v) is 1.64. The molecule has 0 heterocycles. The monoisotopic (exact) mass is 183 g/mol. The first-order chi connectivity index (χ1) is 5.30. The molecule has 3 nitrogen and oxygen atoms in total. The molecule has 0 aliphatic carbocycles. The summed E-state index contributed by atoms with van der Waals surface area (Å²) in [6, 6.07) is 1.90. The fourth-order valence-electron chi connectivity index (χ4n) is 0.623. The zero-order valence-corrected chi connectivity index (χ0v) is 8.33. The highest BCUT2D eigenvalue weighted by molar-refractivity contribution is 7.80. The predicted octanol–water partition coefficient (Wildman–Crippen LogP) is 1.05. The maximum atomic E-state index is 8.67. The second-order valence-electron chi connectivity index (χ2n) is 3.51. The summed E-state index contributed by atoms with van der Waals surface area (Å²) >= 11 is 4.68. The molecule has 0 bridgehead atoms. The van der Waals surface area contributed by atoms with E-state index >= 15 is 0 Å². The van der Waals surface area contributed by atoms with Crippen LogP contribution in [-0.4, -0.2) is 4.99 Å². The highest BCUT2D eigenvalue weighted by atomic mass is 32.1. The summed E-state index contributed by atoms with van der Waals surface area (Å²) in [4.78, 5) is 0.0601. The standard InChI is InChI=1S/C8H13N3S/c1-8(2,3)6(10)5(4-9)7(11)12/h10H2,1-3H3,(H2,11,12)/b6-5-. The van der Waals surface area contributed by atoms with Gasteiger partial charge in [-0.05, 0) is 0 Å². The van der Waals surface area contributed by atoms with E-state index in [1.54, 1.807) is 0 Å². The van der Waals surface area contributed by atoms with Crippen molar-refractivity contribution in [3.63, 3.8) is 0 Å². The van der Waals surface area contributed by atoms with Crippen molar-refractivity contribution < 1.29 is 0 Å². The lowest BCUT2D eigenvalue weighted by molar-refractivity contribution is 0.496. The van der Waals surface area contributed by atoms with Crippen molar-refractivity contribution in [3.8, 4) is 6.07 Å². The number of nitrogens with zero attached hydrogens (tertiary/aromatic N) is 1. The lowest BCUT2D eigenvalue weighted by Gasteiger charge is -2.20. The highest BCUT2D eigenvalue weighted by Gasteiger charge is 2.19. The Kier molecular flexibility index (Phi) is 3.23. The maximum absolute atomic E-state index is 8.67. The van der Waals surface area contributed by atoms with Gasteiger partial charge in [0.1, 0.15) is 16.6 Å². The molecular weight excluding hydrogens is 170 g/mol. The van der Waals surface area contributed by atoms with E-state index in [0.29, 0.717) is 5.70 Å². The second kappa shape index (κ2) is 3.55. The van der Waals surface area contributed by atoms with Crippen molar-refractivity contribution in [3.05, 3.63) is 11.3 Å². The molecule has 0 unspecified atom stereocenters. The van der Waals surface area contributed by atoms with Gasteiger partial charge in [0, 0.05) is 11.1 Å². The Morgan fingerprint density at radius 3 is 1.83 bits per heavy atom. The maximum Gasteiger partial charge on any atom is 0.116 e. The molecule has 66 valence electrons. The van der Waals surface area contributed by atoms with E-state index in [1.165, 1.54) is 0 Å². The second-order valence-corrected chi connectivity index (χ2v) is 3.95. The van der Waals surface area contributed by atoms with Gasteiger partial charge in [0.2, 0.25) is 0 Å². The van der Waals surface area contributed by atoms with Gasteiger partial charge < -0.3 is 11.5 Å². The topological polar surface area (TPSA) is 75.8 Å². The Bertz CT molecular complexity index is 265. The first-order valence-electron chi connectivity index (χ1n) is 3.51. The van der Waals surface area contributed by atoms with Crippen molar-refractivity contribution in [1.29, 1.82) is 5.26 Å². The zero-order chi connectivity index (χ0) is 9.94. The SMILES string of the molecule is CC(C)(C)/C(N)=C(\C#N)C(N)=S. The van der Waals surface area contributed by atoms with Crippen LogP contribution >= 0.6 is 12.2 Å². The summed E-state index contributed by atoms with van der Waals surface area (Å²) in [6.45, 7) is 5.70. The summed E-state index contributed by atoms with van der Waals surface area (Å²) in [5, 5.41) is 8.67. The molecular formula is C8H13N3S. The number of hydrogen-bond acceptors (Lipinski definition) is 3. The lowest BCUT2D eigenvalue weighted by Crippen LogP contribution is -2.24. The minimum absolute atomic E-state index is 0.0601. The summed E-state index contributed by atoms with van der Waals surface area (Å²) in [7, 11) is 0. The molecule has 0 spiro atoms. The van der Waals surface area contributed by atoms with E-state index < -0.39 is 0 Å². The van der Waals surface area contributed by atoms with Crippen LogP contribution < -0.4 is 11.5 Å². The molecule has 0 fully saturated rings. The molecule has 0 saturated heterocycles. The van der Waals surface area contributed by atoms with Gasteiger partial charge in [-0.2, -0.15) is 5.26 Å². The molecule has 0 aliphatic rings. The Morgan fingerprint density at radius 2 is 1.75 bits per heavy atom. The largest absolute Gasteiger partial charge is 0.400 e. The first-order valence-corrected chi connectivity index (χ1v) is 3.91. The normalized spacial score (nSPS) is 13.2. The van der Waals surface area contributed by atoms with Gasteiger partial charge in [0.15, 0.2) is 0 Å². The minimum atomic E-state index is -0.269. The van der Waals surface area contributed by atoms with E-state index in [1.807, 2.05) is 26.8 Å². The Hall–Kier alpha value is -1.08. The van der Waals surface area contributed by atoms with Gasteiger partial charge >= 0.3 is 0 Å². The van der Waals surface area contributed by atoms with E-state index in [0.717, 1.165) is 0 Å². The van der Waals surface area contributed by atoms with Gasteiger partial charge in [-0.25, -0.2) is 0 Å². The molecule has 0 aromatic heterocycles. The van der Waals surface area contributed by atoms with Crippen LogP contribution in [0.1, 0.15) is 20.8 Å². The number of allylic oxidation sites excluding steroid dienone is 1. The number of rotatable bonds is 1. The fraction of sp³-hybridized carbons (Fsp3) is 0.500. The van der Waals surface area contributed by atoms with Crippen molar-refractivity contribution in [1.82, 2.24) is 0 Å². The molecule has 4 heteroatoms. The summed E-state index contributed by atoms with van der Waals surface area (Å²) in [5.74, 6) is 0. The Labute approximate surface area is 78.0 Å². The highest BCUT2D eigenvalue weighted by Crippen LogP contribution is 2.23. The van der Waals surface area contributed by atoms with Gasteiger partial charge in [0.05, 0.1) is 0 Å². The van der Waals surface area contributed by atoms with E-state index in [4.69, 9.17) is 16.7 Å². The minimum Gasteiger partial charge on any atom is -0.400 e. The van der Waals surface area contributed by atoms with Crippen LogP contribution in [0.5, 0.6) is 0 Å². The van der Waals surface area contributed by atoms with Crippen LogP contribution in [0, 0.1) is 16.7 Å². The summed E-state index contributed by atoms with van der Waals surface area (Å²) < 4.78 is 0. The van der Waals surface area contributed by atoms with Crippen LogP contribution in [0.25, 0.3) is 0 Å². The molecule has 0 aromatic rings. The molecule has 0 rings (SSSR count). The van der Waals surface area contributed by atoms with Crippen molar-refractivity contribution in [2.45, 2.75) is 20.8 Å². The quantitative estimate of drug-likeness (QED) is 0.362. The average molecular weight is 183 g/mol. The molecule has 0 aliphatic heterocycles. The molecule has 0 aromatic carbocycles. The van der Waals surface area contributed by atoms with Crippen LogP contribution in [0.3, 0.4) is 0 Å². The number of hydrogen-bond donors (Lipinski definition) is 2. The molecule has 12 heavy (non-hydrogen) atoms. The number of nitriles is 1. The third kappa shape index (κ3) is 2.51. The summed E-state index contributed by atoms with van der Waals surface area (Å²) in [5.41, 5.74) is 11.4.